The number of nitrogens with one attached hydrogen (secondary N) is 1. The fourth-order valence-electron chi connectivity index (χ4n) is 3.87. The molecule has 0 radical (unpaired) electrons. The van der Waals surface area contributed by atoms with Gasteiger partial charge >= 0.3 is 5.97 Å². The van der Waals surface area contributed by atoms with Crippen LogP contribution >= 0.6 is 0 Å². The molecule has 2 aromatic rings. The molecule has 0 spiro atoms. The van der Waals surface area contributed by atoms with Crippen LogP contribution in [-0.4, -0.2) is 16.7 Å². The molecule has 0 aliphatic heterocycles. The summed E-state index contributed by atoms with van der Waals surface area (Å²) >= 11 is 0. The second-order valence-electron chi connectivity index (χ2n) is 6.66. The first-order valence-electron chi connectivity index (χ1n) is 8.70. The summed E-state index contributed by atoms with van der Waals surface area (Å²) < 4.78 is 0. The Labute approximate surface area is 135 Å². The van der Waals surface area contributed by atoms with Gasteiger partial charge in [0, 0.05) is 10.9 Å². The van der Waals surface area contributed by atoms with E-state index in [9.17, 15) is 4.79 Å². The van der Waals surface area contributed by atoms with Crippen molar-refractivity contribution in [3.63, 3.8) is 0 Å². The van der Waals surface area contributed by atoms with Crippen LogP contribution in [0.1, 0.15) is 56.2 Å². The first-order valence-corrected chi connectivity index (χ1v) is 8.70. The molecule has 0 bridgehead atoms. The number of H-pyrrole nitrogens is 1. The zero-order valence-electron chi connectivity index (χ0n) is 13.3. The number of rotatable bonds is 2. The van der Waals surface area contributed by atoms with Gasteiger partial charge in [-0.2, -0.15) is 0 Å². The van der Waals surface area contributed by atoms with Gasteiger partial charge < -0.3 is 9.82 Å². The Morgan fingerprint density at radius 2 is 1.91 bits per heavy atom. The molecule has 0 atom stereocenters. The van der Waals surface area contributed by atoms with Gasteiger partial charge in [0.2, 0.25) is 0 Å². The average Bonchev–Trinajstić information content (AvgIpc) is 3.00. The molecule has 0 amide bonds. The van der Waals surface area contributed by atoms with E-state index in [1.807, 2.05) is 6.07 Å². The largest absolute Gasteiger partial charge is 0.353 e. The fraction of sp³-hybridized carbons (Fsp3) is 0.474. The van der Waals surface area contributed by atoms with Crippen molar-refractivity contribution in [1.82, 2.24) is 4.98 Å². The van der Waals surface area contributed by atoms with Crippen molar-refractivity contribution in [2.45, 2.75) is 51.4 Å². The number of benzene rings is 1. The Kier molecular flexibility index (Phi) is 3.90. The molecule has 4 nitrogen and oxygen atoms in total. The van der Waals surface area contributed by atoms with E-state index in [4.69, 9.17) is 4.84 Å². The zero-order chi connectivity index (χ0) is 15.6. The summed E-state index contributed by atoms with van der Waals surface area (Å²) in [6, 6.07) is 8.32. The van der Waals surface area contributed by atoms with Gasteiger partial charge in [0.25, 0.3) is 0 Å². The van der Waals surface area contributed by atoms with E-state index in [0.717, 1.165) is 61.9 Å². The highest BCUT2D eigenvalue weighted by Crippen LogP contribution is 2.30. The lowest BCUT2D eigenvalue weighted by Gasteiger charge is -2.19. The molecule has 0 saturated heterocycles. The van der Waals surface area contributed by atoms with Crippen molar-refractivity contribution in [2.24, 2.45) is 11.1 Å². The van der Waals surface area contributed by atoms with Crippen LogP contribution in [0.3, 0.4) is 0 Å². The fourth-order valence-corrected chi connectivity index (χ4v) is 3.87. The van der Waals surface area contributed by atoms with Gasteiger partial charge in [0.15, 0.2) is 0 Å². The Bertz CT molecular complexity index is 754. The van der Waals surface area contributed by atoms with E-state index in [0.29, 0.717) is 0 Å². The van der Waals surface area contributed by atoms with Crippen molar-refractivity contribution in [1.29, 1.82) is 0 Å². The standard InChI is InChI=1S/C19H22N2O2/c22-19(13-7-2-1-3-8-13)23-21-17-12-6-10-15-14-9-4-5-11-16(14)20-18(15)17/h4-5,9,11,13,20H,1-3,6-8,10,12H2. The predicted octanol–water partition coefficient (Wildman–Crippen LogP) is 4.33. The molecule has 1 fully saturated rings. The van der Waals surface area contributed by atoms with Crippen LogP contribution in [0.5, 0.6) is 0 Å². The molecule has 2 aliphatic rings. The monoisotopic (exact) mass is 310 g/mol. The van der Waals surface area contributed by atoms with Crippen LogP contribution in [0.2, 0.25) is 0 Å². The summed E-state index contributed by atoms with van der Waals surface area (Å²) in [5.41, 5.74) is 4.37. The maximum absolute atomic E-state index is 12.2. The van der Waals surface area contributed by atoms with Gasteiger partial charge in [-0.3, -0.25) is 0 Å². The van der Waals surface area contributed by atoms with Crippen molar-refractivity contribution < 1.29 is 9.63 Å². The minimum atomic E-state index is -0.152. The number of hydrogen-bond acceptors (Lipinski definition) is 3. The summed E-state index contributed by atoms with van der Waals surface area (Å²) in [6.45, 7) is 0. The van der Waals surface area contributed by atoms with Gasteiger partial charge in [-0.1, -0.05) is 42.6 Å². The molecular formula is C19H22N2O2. The number of carbonyl (C=O) groups is 1. The molecule has 0 unspecified atom stereocenters. The van der Waals surface area contributed by atoms with Crippen LogP contribution in [0.15, 0.2) is 29.4 Å². The molecule has 4 rings (SSSR count). The molecule has 23 heavy (non-hydrogen) atoms. The minimum Gasteiger partial charge on any atom is -0.353 e. The molecule has 1 saturated carbocycles. The van der Waals surface area contributed by atoms with Gasteiger partial charge in [0.05, 0.1) is 11.6 Å². The van der Waals surface area contributed by atoms with E-state index in [-0.39, 0.29) is 11.9 Å². The van der Waals surface area contributed by atoms with Crippen molar-refractivity contribution in [3.05, 3.63) is 35.5 Å². The third kappa shape index (κ3) is 2.78. The van der Waals surface area contributed by atoms with Crippen molar-refractivity contribution in [2.75, 3.05) is 0 Å². The summed E-state index contributed by atoms with van der Waals surface area (Å²) in [6.07, 6.45) is 8.34. The van der Waals surface area contributed by atoms with Crippen LogP contribution in [-0.2, 0) is 16.1 Å². The smallest absolute Gasteiger partial charge is 0.338 e. The lowest BCUT2D eigenvalue weighted by Crippen LogP contribution is -2.20. The summed E-state index contributed by atoms with van der Waals surface area (Å²) in [5.74, 6) is -0.112. The topological polar surface area (TPSA) is 54.4 Å². The van der Waals surface area contributed by atoms with Crippen LogP contribution in [0, 0.1) is 5.92 Å². The maximum Gasteiger partial charge on any atom is 0.338 e. The number of hydrogen-bond donors (Lipinski definition) is 1. The molecule has 1 aromatic carbocycles. The van der Waals surface area contributed by atoms with Crippen molar-refractivity contribution >= 4 is 22.6 Å². The number of aromatic amines is 1. The normalized spacial score (nSPS) is 20.6. The van der Waals surface area contributed by atoms with Crippen LogP contribution < -0.4 is 0 Å². The Morgan fingerprint density at radius 1 is 1.09 bits per heavy atom. The molecule has 1 aromatic heterocycles. The first kappa shape index (κ1) is 14.5. The van der Waals surface area contributed by atoms with E-state index >= 15 is 0 Å². The van der Waals surface area contributed by atoms with E-state index < -0.39 is 0 Å². The highest BCUT2D eigenvalue weighted by molar-refractivity contribution is 6.06. The van der Waals surface area contributed by atoms with Crippen LogP contribution in [0.4, 0.5) is 0 Å². The number of aromatic nitrogens is 1. The maximum atomic E-state index is 12.2. The third-order valence-corrected chi connectivity index (χ3v) is 5.13. The number of oxime groups is 1. The van der Waals surface area contributed by atoms with E-state index in [1.165, 1.54) is 17.4 Å². The molecule has 120 valence electrons. The lowest BCUT2D eigenvalue weighted by molar-refractivity contribution is -0.149. The van der Waals surface area contributed by atoms with Gasteiger partial charge in [-0.25, -0.2) is 4.79 Å². The average molecular weight is 310 g/mol. The van der Waals surface area contributed by atoms with Crippen LogP contribution in [0.25, 0.3) is 10.9 Å². The molecule has 1 N–H and O–H groups in total. The predicted molar refractivity (Wildman–Crippen MR) is 90.4 cm³/mol. The number of nitrogens with zero attached hydrogens (tertiary/aromatic N) is 1. The van der Waals surface area contributed by atoms with E-state index in [1.54, 1.807) is 0 Å². The molecule has 4 heteroatoms. The highest BCUT2D eigenvalue weighted by Gasteiger charge is 2.25. The van der Waals surface area contributed by atoms with Gasteiger partial charge in [0.1, 0.15) is 5.71 Å². The molecule has 2 aliphatic carbocycles. The Morgan fingerprint density at radius 3 is 2.78 bits per heavy atom. The number of carbonyl (C=O) groups excluding carboxylic acids is 1. The Hall–Kier alpha value is -2.10. The third-order valence-electron chi connectivity index (χ3n) is 5.13. The summed E-state index contributed by atoms with van der Waals surface area (Å²) in [4.78, 5) is 20.9. The zero-order valence-corrected chi connectivity index (χ0v) is 13.3. The number of fused-ring (bicyclic) bond motifs is 3. The summed E-state index contributed by atoms with van der Waals surface area (Å²) in [5, 5.41) is 5.49. The van der Waals surface area contributed by atoms with E-state index in [2.05, 4.69) is 28.3 Å². The minimum absolute atomic E-state index is 0.0406. The second kappa shape index (κ2) is 6.19. The molecular weight excluding hydrogens is 288 g/mol. The quantitative estimate of drug-likeness (QED) is 0.663. The highest BCUT2D eigenvalue weighted by atomic mass is 16.7. The van der Waals surface area contributed by atoms with Gasteiger partial charge in [-0.05, 0) is 43.7 Å². The second-order valence-corrected chi connectivity index (χ2v) is 6.66. The lowest BCUT2D eigenvalue weighted by atomic mass is 9.89. The molecule has 1 heterocycles. The SMILES string of the molecule is O=C(ON=C1CCCc2c1[nH]c1ccccc21)C1CCCCC1. The first-order chi connectivity index (χ1) is 11.3. The number of para-hydroxylation sites is 1. The number of aryl methyl sites for hydroxylation is 1. The van der Waals surface area contributed by atoms with Crippen molar-refractivity contribution in [3.8, 4) is 0 Å². The van der Waals surface area contributed by atoms with Gasteiger partial charge in [-0.15, -0.1) is 0 Å². The Balaban J connectivity index is 1.57. The summed E-state index contributed by atoms with van der Waals surface area (Å²) in [7, 11) is 0.